The van der Waals surface area contributed by atoms with E-state index >= 15 is 0 Å². The van der Waals surface area contributed by atoms with E-state index in [1.807, 2.05) is 0 Å². The summed E-state index contributed by atoms with van der Waals surface area (Å²) >= 11 is 0. The molecule has 106 valence electrons. The molecule has 3 heteroatoms. The zero-order valence-electron chi connectivity index (χ0n) is 12.7. The van der Waals surface area contributed by atoms with Crippen LogP contribution in [0.2, 0.25) is 0 Å². The second kappa shape index (κ2) is 4.77. The molecule has 1 aliphatic heterocycles. The van der Waals surface area contributed by atoms with E-state index in [2.05, 4.69) is 39.6 Å². The van der Waals surface area contributed by atoms with Gasteiger partial charge in [0, 0.05) is 36.1 Å². The number of hydrogen-bond donors (Lipinski definition) is 1. The van der Waals surface area contributed by atoms with Gasteiger partial charge in [-0.2, -0.15) is 0 Å². The van der Waals surface area contributed by atoms with E-state index in [0.717, 1.165) is 13.2 Å². The van der Waals surface area contributed by atoms with Gasteiger partial charge in [-0.3, -0.25) is 0 Å². The van der Waals surface area contributed by atoms with Crippen LogP contribution in [0.15, 0.2) is 0 Å². The van der Waals surface area contributed by atoms with Crippen molar-refractivity contribution in [2.75, 3.05) is 20.2 Å². The molecule has 1 saturated heterocycles. The minimum Gasteiger partial charge on any atom is -0.377 e. The molecule has 18 heavy (non-hydrogen) atoms. The van der Waals surface area contributed by atoms with Gasteiger partial charge in [0.15, 0.2) is 0 Å². The topological polar surface area (TPSA) is 38.5 Å². The van der Waals surface area contributed by atoms with Gasteiger partial charge >= 0.3 is 0 Å². The van der Waals surface area contributed by atoms with Crippen LogP contribution in [-0.2, 0) is 4.74 Å². The standard InChI is InChI=1S/C15H30N2O/c1-6-11(2)17(5)10-15(16)12-8-7-9-18-13(12)14(15,3)4/h11-13H,6-10,16H2,1-5H3. The molecule has 0 aromatic carbocycles. The second-order valence-corrected chi connectivity index (χ2v) is 6.97. The summed E-state index contributed by atoms with van der Waals surface area (Å²) in [5, 5.41) is 0. The molecule has 2 N–H and O–H groups in total. The first-order chi connectivity index (χ1) is 8.34. The van der Waals surface area contributed by atoms with E-state index in [1.165, 1.54) is 19.3 Å². The van der Waals surface area contributed by atoms with Gasteiger partial charge in [-0.25, -0.2) is 0 Å². The lowest BCUT2D eigenvalue weighted by Crippen LogP contribution is -2.80. The van der Waals surface area contributed by atoms with Crippen LogP contribution in [0.5, 0.6) is 0 Å². The Hall–Kier alpha value is -0.120. The number of fused-ring (bicyclic) bond motifs is 1. The lowest BCUT2D eigenvalue weighted by molar-refractivity contribution is -0.232. The zero-order chi connectivity index (χ0) is 13.6. The lowest BCUT2D eigenvalue weighted by Gasteiger charge is -2.67. The van der Waals surface area contributed by atoms with Gasteiger partial charge in [0.1, 0.15) is 0 Å². The fourth-order valence-electron chi connectivity index (χ4n) is 3.87. The Morgan fingerprint density at radius 2 is 2.11 bits per heavy atom. The molecule has 2 rings (SSSR count). The third-order valence-electron chi connectivity index (χ3n) is 5.75. The van der Waals surface area contributed by atoms with Crippen molar-refractivity contribution in [3.63, 3.8) is 0 Å². The van der Waals surface area contributed by atoms with Gasteiger partial charge in [-0.1, -0.05) is 20.8 Å². The zero-order valence-corrected chi connectivity index (χ0v) is 12.7. The number of likely N-dealkylation sites (N-methyl/N-ethyl adjacent to an activating group) is 1. The largest absolute Gasteiger partial charge is 0.377 e. The predicted molar refractivity (Wildman–Crippen MR) is 75.5 cm³/mol. The number of ether oxygens (including phenoxy) is 1. The van der Waals surface area contributed by atoms with E-state index in [0.29, 0.717) is 18.1 Å². The molecule has 2 fully saturated rings. The summed E-state index contributed by atoms with van der Waals surface area (Å²) in [4.78, 5) is 2.42. The van der Waals surface area contributed by atoms with Crippen molar-refractivity contribution in [3.05, 3.63) is 0 Å². The van der Waals surface area contributed by atoms with Crippen LogP contribution >= 0.6 is 0 Å². The summed E-state index contributed by atoms with van der Waals surface area (Å²) < 4.78 is 5.96. The molecule has 0 radical (unpaired) electrons. The summed E-state index contributed by atoms with van der Waals surface area (Å²) in [5.74, 6) is 0.549. The quantitative estimate of drug-likeness (QED) is 0.836. The number of nitrogens with two attached hydrogens (primary N) is 1. The Balaban J connectivity index is 2.09. The third-order valence-corrected chi connectivity index (χ3v) is 5.75. The van der Waals surface area contributed by atoms with Crippen LogP contribution in [0.3, 0.4) is 0 Å². The maximum absolute atomic E-state index is 6.81. The second-order valence-electron chi connectivity index (χ2n) is 6.97. The minimum absolute atomic E-state index is 0.0870. The molecule has 0 amide bonds. The Bertz CT molecular complexity index is 305. The van der Waals surface area contributed by atoms with E-state index in [9.17, 15) is 0 Å². The van der Waals surface area contributed by atoms with Gasteiger partial charge in [0.05, 0.1) is 6.10 Å². The van der Waals surface area contributed by atoms with Crippen LogP contribution in [0.1, 0.15) is 47.0 Å². The number of rotatable bonds is 4. The summed E-state index contributed by atoms with van der Waals surface area (Å²) in [6, 6.07) is 0.602. The predicted octanol–water partition coefficient (Wildman–Crippen LogP) is 2.25. The Morgan fingerprint density at radius 1 is 1.44 bits per heavy atom. The molecule has 1 aliphatic carbocycles. The van der Waals surface area contributed by atoms with Crippen molar-refractivity contribution in [2.45, 2.75) is 64.6 Å². The van der Waals surface area contributed by atoms with E-state index in [1.54, 1.807) is 0 Å². The molecule has 0 bridgehead atoms. The smallest absolute Gasteiger partial charge is 0.0690 e. The Morgan fingerprint density at radius 3 is 2.72 bits per heavy atom. The first-order valence-electron chi connectivity index (χ1n) is 7.45. The van der Waals surface area contributed by atoms with Gasteiger partial charge in [0.2, 0.25) is 0 Å². The fraction of sp³-hybridized carbons (Fsp3) is 1.00. The fourth-order valence-corrected chi connectivity index (χ4v) is 3.87. The van der Waals surface area contributed by atoms with Gasteiger partial charge in [0.25, 0.3) is 0 Å². The SMILES string of the molecule is CCC(C)N(C)CC1(N)C2CCCOC2C1(C)C. The molecular formula is C15H30N2O. The average molecular weight is 254 g/mol. The van der Waals surface area contributed by atoms with Crippen molar-refractivity contribution in [2.24, 2.45) is 17.1 Å². The highest BCUT2D eigenvalue weighted by atomic mass is 16.5. The summed E-state index contributed by atoms with van der Waals surface area (Å²) in [6.07, 6.45) is 3.96. The van der Waals surface area contributed by atoms with Crippen LogP contribution in [0.25, 0.3) is 0 Å². The highest BCUT2D eigenvalue weighted by molar-refractivity contribution is 5.20. The summed E-state index contributed by atoms with van der Waals surface area (Å²) in [7, 11) is 2.20. The molecule has 1 heterocycles. The molecule has 4 atom stereocenters. The molecule has 0 aromatic rings. The summed E-state index contributed by atoms with van der Waals surface area (Å²) in [5.41, 5.74) is 6.82. The monoisotopic (exact) mass is 254 g/mol. The highest BCUT2D eigenvalue weighted by Crippen LogP contribution is 2.57. The van der Waals surface area contributed by atoms with E-state index < -0.39 is 0 Å². The highest BCUT2D eigenvalue weighted by Gasteiger charge is 2.66. The van der Waals surface area contributed by atoms with E-state index in [4.69, 9.17) is 10.5 Å². The van der Waals surface area contributed by atoms with Crippen molar-refractivity contribution < 1.29 is 4.74 Å². The Kier molecular flexibility index (Phi) is 3.79. The molecule has 3 nitrogen and oxygen atoms in total. The number of hydrogen-bond acceptors (Lipinski definition) is 3. The number of nitrogens with zero attached hydrogens (tertiary/aromatic N) is 1. The minimum atomic E-state index is -0.0870. The average Bonchev–Trinajstić information content (AvgIpc) is 2.37. The van der Waals surface area contributed by atoms with Crippen LogP contribution in [-0.4, -0.2) is 42.8 Å². The molecular weight excluding hydrogens is 224 g/mol. The van der Waals surface area contributed by atoms with Crippen molar-refractivity contribution >= 4 is 0 Å². The van der Waals surface area contributed by atoms with Gasteiger partial charge in [-0.15, -0.1) is 0 Å². The normalized spacial score (nSPS) is 40.2. The Labute approximate surface area is 112 Å². The first-order valence-corrected chi connectivity index (χ1v) is 7.45. The van der Waals surface area contributed by atoms with Crippen molar-refractivity contribution in [1.82, 2.24) is 4.90 Å². The lowest BCUT2D eigenvalue weighted by atomic mass is 9.46. The molecule has 0 aromatic heterocycles. The van der Waals surface area contributed by atoms with Gasteiger partial charge < -0.3 is 15.4 Å². The molecule has 0 spiro atoms. The van der Waals surface area contributed by atoms with Crippen LogP contribution in [0, 0.1) is 11.3 Å². The van der Waals surface area contributed by atoms with Gasteiger partial charge in [-0.05, 0) is 33.2 Å². The van der Waals surface area contributed by atoms with Crippen molar-refractivity contribution in [3.8, 4) is 0 Å². The summed E-state index contributed by atoms with van der Waals surface area (Å²) in [6.45, 7) is 11.0. The van der Waals surface area contributed by atoms with Crippen molar-refractivity contribution in [1.29, 1.82) is 0 Å². The first kappa shape index (κ1) is 14.3. The molecule has 4 unspecified atom stereocenters. The maximum atomic E-state index is 6.81. The van der Waals surface area contributed by atoms with E-state index in [-0.39, 0.29) is 11.0 Å². The maximum Gasteiger partial charge on any atom is 0.0690 e. The van der Waals surface area contributed by atoms with Crippen LogP contribution in [0.4, 0.5) is 0 Å². The van der Waals surface area contributed by atoms with Crippen LogP contribution < -0.4 is 5.73 Å². The molecule has 2 aliphatic rings. The third kappa shape index (κ3) is 1.91. The molecule has 1 saturated carbocycles.